The van der Waals surface area contributed by atoms with Crippen LogP contribution in [0, 0.1) is 11.8 Å². The molecule has 0 radical (unpaired) electrons. The van der Waals surface area contributed by atoms with Crippen LogP contribution < -0.4 is 0 Å². The maximum absolute atomic E-state index is 11.5. The standard InChI is InChI=1S/C12H18O3/c1-3-5-8-7-9(6-4-2)11(14)12(15)10(8)13/h8-9H,3-7H2,1-2H3. The van der Waals surface area contributed by atoms with E-state index in [1.54, 1.807) is 0 Å². The molecule has 0 saturated heterocycles. The molecule has 0 aliphatic heterocycles. The van der Waals surface area contributed by atoms with Gasteiger partial charge in [0, 0.05) is 11.8 Å². The van der Waals surface area contributed by atoms with Gasteiger partial charge in [0.25, 0.3) is 5.78 Å². The summed E-state index contributed by atoms with van der Waals surface area (Å²) in [6.45, 7) is 3.98. The van der Waals surface area contributed by atoms with Crippen LogP contribution in [0.5, 0.6) is 0 Å². The van der Waals surface area contributed by atoms with Crippen LogP contribution in [-0.4, -0.2) is 17.3 Å². The van der Waals surface area contributed by atoms with Gasteiger partial charge in [0.15, 0.2) is 0 Å². The largest absolute Gasteiger partial charge is 0.290 e. The molecular weight excluding hydrogens is 192 g/mol. The van der Waals surface area contributed by atoms with Gasteiger partial charge in [0.05, 0.1) is 0 Å². The van der Waals surface area contributed by atoms with Crippen molar-refractivity contribution in [3.8, 4) is 0 Å². The number of carbonyl (C=O) groups excluding carboxylic acids is 3. The first kappa shape index (κ1) is 12.1. The zero-order valence-electron chi connectivity index (χ0n) is 9.41. The first-order valence-electron chi connectivity index (χ1n) is 5.74. The van der Waals surface area contributed by atoms with Crippen LogP contribution in [0.3, 0.4) is 0 Å². The molecule has 0 heterocycles. The van der Waals surface area contributed by atoms with E-state index >= 15 is 0 Å². The molecule has 15 heavy (non-hydrogen) atoms. The van der Waals surface area contributed by atoms with Gasteiger partial charge in [-0.1, -0.05) is 26.7 Å². The van der Waals surface area contributed by atoms with Crippen molar-refractivity contribution in [1.29, 1.82) is 0 Å². The van der Waals surface area contributed by atoms with Crippen molar-refractivity contribution < 1.29 is 14.4 Å². The Morgan fingerprint density at radius 1 is 0.933 bits per heavy atom. The van der Waals surface area contributed by atoms with E-state index in [-0.39, 0.29) is 11.8 Å². The molecule has 0 aromatic carbocycles. The van der Waals surface area contributed by atoms with Crippen molar-refractivity contribution in [2.24, 2.45) is 11.8 Å². The Kier molecular flexibility index (Phi) is 4.18. The van der Waals surface area contributed by atoms with Crippen molar-refractivity contribution in [3.05, 3.63) is 0 Å². The van der Waals surface area contributed by atoms with E-state index in [9.17, 15) is 14.4 Å². The molecule has 2 atom stereocenters. The number of Topliss-reactive ketones (excluding diaryl/α,β-unsaturated/α-hetero) is 3. The summed E-state index contributed by atoms with van der Waals surface area (Å²) in [7, 11) is 0. The Labute approximate surface area is 90.2 Å². The number of ketones is 3. The van der Waals surface area contributed by atoms with E-state index in [0.717, 1.165) is 25.7 Å². The lowest BCUT2D eigenvalue weighted by atomic mass is 9.75. The first-order valence-corrected chi connectivity index (χ1v) is 5.74. The summed E-state index contributed by atoms with van der Waals surface area (Å²) in [5.74, 6) is -2.05. The van der Waals surface area contributed by atoms with Crippen molar-refractivity contribution in [2.75, 3.05) is 0 Å². The lowest BCUT2D eigenvalue weighted by molar-refractivity contribution is -0.150. The van der Waals surface area contributed by atoms with Crippen molar-refractivity contribution in [1.82, 2.24) is 0 Å². The fraction of sp³-hybridized carbons (Fsp3) is 0.750. The summed E-state index contributed by atoms with van der Waals surface area (Å²) in [6.07, 6.45) is 3.83. The fourth-order valence-corrected chi connectivity index (χ4v) is 2.24. The monoisotopic (exact) mass is 210 g/mol. The van der Waals surface area contributed by atoms with Crippen LogP contribution in [0.1, 0.15) is 46.0 Å². The summed E-state index contributed by atoms with van der Waals surface area (Å²) in [5.41, 5.74) is 0. The Morgan fingerprint density at radius 3 is 1.67 bits per heavy atom. The predicted molar refractivity (Wildman–Crippen MR) is 56.4 cm³/mol. The van der Waals surface area contributed by atoms with Crippen LogP contribution in [0.4, 0.5) is 0 Å². The highest BCUT2D eigenvalue weighted by Crippen LogP contribution is 2.28. The van der Waals surface area contributed by atoms with Gasteiger partial charge in [-0.2, -0.15) is 0 Å². The highest BCUT2D eigenvalue weighted by molar-refractivity contribution is 6.65. The van der Waals surface area contributed by atoms with Gasteiger partial charge in [-0.15, -0.1) is 0 Å². The minimum atomic E-state index is -0.752. The zero-order valence-corrected chi connectivity index (χ0v) is 9.41. The smallest absolute Gasteiger partial charge is 0.264 e. The Hall–Kier alpha value is -0.990. The van der Waals surface area contributed by atoms with E-state index in [1.807, 2.05) is 13.8 Å². The Bertz CT molecular complexity index is 255. The van der Waals surface area contributed by atoms with E-state index in [1.165, 1.54) is 0 Å². The van der Waals surface area contributed by atoms with E-state index in [2.05, 4.69) is 0 Å². The second-order valence-electron chi connectivity index (χ2n) is 4.26. The second-order valence-corrected chi connectivity index (χ2v) is 4.26. The Morgan fingerprint density at radius 2 is 1.33 bits per heavy atom. The highest BCUT2D eigenvalue weighted by Gasteiger charge is 2.40. The SMILES string of the molecule is CCCC1CC(CCC)C(=O)C(=O)C1=O. The predicted octanol–water partition coefficient (Wildman–Crippen LogP) is 1.93. The summed E-state index contributed by atoms with van der Waals surface area (Å²) < 4.78 is 0. The van der Waals surface area contributed by atoms with Crippen LogP contribution in [0.15, 0.2) is 0 Å². The van der Waals surface area contributed by atoms with E-state index < -0.39 is 17.3 Å². The molecule has 1 rings (SSSR count). The molecule has 1 fully saturated rings. The molecule has 3 heteroatoms. The summed E-state index contributed by atoms with van der Waals surface area (Å²) in [6, 6.07) is 0. The summed E-state index contributed by atoms with van der Waals surface area (Å²) in [4.78, 5) is 34.4. The molecule has 0 N–H and O–H groups in total. The summed E-state index contributed by atoms with van der Waals surface area (Å²) >= 11 is 0. The number of carbonyl (C=O) groups is 3. The first-order chi connectivity index (χ1) is 7.11. The number of hydrogen-bond donors (Lipinski definition) is 0. The fourth-order valence-electron chi connectivity index (χ4n) is 2.24. The minimum Gasteiger partial charge on any atom is -0.290 e. The average molecular weight is 210 g/mol. The van der Waals surface area contributed by atoms with Crippen molar-refractivity contribution in [3.63, 3.8) is 0 Å². The van der Waals surface area contributed by atoms with E-state index in [4.69, 9.17) is 0 Å². The summed E-state index contributed by atoms with van der Waals surface area (Å²) in [5, 5.41) is 0. The maximum atomic E-state index is 11.5. The molecule has 0 aromatic rings. The van der Waals surface area contributed by atoms with Crippen LogP contribution in [0.2, 0.25) is 0 Å². The third-order valence-corrected chi connectivity index (χ3v) is 3.03. The number of hydrogen-bond acceptors (Lipinski definition) is 3. The number of rotatable bonds is 4. The molecule has 0 amide bonds. The second kappa shape index (κ2) is 5.19. The molecule has 84 valence electrons. The maximum Gasteiger partial charge on any atom is 0.264 e. The average Bonchev–Trinajstić information content (AvgIpc) is 2.22. The van der Waals surface area contributed by atoms with Gasteiger partial charge in [-0.25, -0.2) is 0 Å². The lowest BCUT2D eigenvalue weighted by Crippen LogP contribution is -2.41. The molecule has 1 aliphatic rings. The molecule has 1 aliphatic carbocycles. The van der Waals surface area contributed by atoms with Gasteiger partial charge in [-0.05, 0) is 19.3 Å². The molecule has 3 nitrogen and oxygen atoms in total. The quantitative estimate of drug-likeness (QED) is 0.666. The van der Waals surface area contributed by atoms with Gasteiger partial charge in [0.1, 0.15) is 0 Å². The molecule has 1 saturated carbocycles. The molecular formula is C12H18O3. The van der Waals surface area contributed by atoms with Crippen LogP contribution >= 0.6 is 0 Å². The zero-order chi connectivity index (χ0) is 11.4. The molecule has 0 bridgehead atoms. The normalized spacial score (nSPS) is 27.2. The third kappa shape index (κ3) is 2.52. The van der Waals surface area contributed by atoms with E-state index in [0.29, 0.717) is 6.42 Å². The molecule has 0 aromatic heterocycles. The topological polar surface area (TPSA) is 51.2 Å². The molecule has 2 unspecified atom stereocenters. The van der Waals surface area contributed by atoms with Crippen LogP contribution in [0.25, 0.3) is 0 Å². The third-order valence-electron chi connectivity index (χ3n) is 3.03. The van der Waals surface area contributed by atoms with Crippen molar-refractivity contribution in [2.45, 2.75) is 46.0 Å². The molecule has 0 spiro atoms. The lowest BCUT2D eigenvalue weighted by Gasteiger charge is -2.25. The Balaban J connectivity index is 2.75. The van der Waals surface area contributed by atoms with Gasteiger partial charge >= 0.3 is 0 Å². The minimum absolute atomic E-state index is 0.197. The van der Waals surface area contributed by atoms with Gasteiger partial charge < -0.3 is 0 Å². The van der Waals surface area contributed by atoms with Gasteiger partial charge in [0.2, 0.25) is 11.6 Å². The van der Waals surface area contributed by atoms with Crippen LogP contribution in [-0.2, 0) is 14.4 Å². The van der Waals surface area contributed by atoms with Crippen molar-refractivity contribution >= 4 is 17.3 Å². The highest BCUT2D eigenvalue weighted by atomic mass is 16.2. The van der Waals surface area contributed by atoms with Gasteiger partial charge in [-0.3, -0.25) is 14.4 Å².